The highest BCUT2D eigenvalue weighted by atomic mass is 16.5. The SMILES string of the molecule is CCOc1ccc([C@@H]2C(=C(O)c3ccc(C)cc3)C(=O)C(=O)N2CCC(=O)[O-])cc1. The molecule has 1 heterocycles. The van der Waals surface area contributed by atoms with Crippen LogP contribution in [0.2, 0.25) is 0 Å². The van der Waals surface area contributed by atoms with Crippen LogP contribution >= 0.6 is 0 Å². The lowest BCUT2D eigenvalue weighted by Crippen LogP contribution is -2.34. The lowest BCUT2D eigenvalue weighted by Gasteiger charge is -2.25. The number of hydrogen-bond donors (Lipinski definition) is 1. The second-order valence-corrected chi connectivity index (χ2v) is 6.98. The summed E-state index contributed by atoms with van der Waals surface area (Å²) in [5, 5.41) is 21.9. The first kappa shape index (κ1) is 21.1. The number of benzene rings is 2. The van der Waals surface area contributed by atoms with Crippen LogP contribution in [0.3, 0.4) is 0 Å². The fraction of sp³-hybridized carbons (Fsp3) is 0.261. The molecule has 0 saturated carbocycles. The first-order valence-corrected chi connectivity index (χ1v) is 9.61. The third-order valence-corrected chi connectivity index (χ3v) is 4.93. The number of nitrogens with zero attached hydrogens (tertiary/aromatic N) is 1. The van der Waals surface area contributed by atoms with E-state index in [2.05, 4.69) is 0 Å². The van der Waals surface area contributed by atoms with Gasteiger partial charge in [0.25, 0.3) is 11.7 Å². The van der Waals surface area contributed by atoms with Crippen molar-refractivity contribution in [2.24, 2.45) is 0 Å². The van der Waals surface area contributed by atoms with Crippen molar-refractivity contribution in [1.29, 1.82) is 0 Å². The van der Waals surface area contributed by atoms with Crippen LogP contribution in [-0.2, 0) is 14.4 Å². The number of ketones is 1. The van der Waals surface area contributed by atoms with E-state index in [-0.39, 0.29) is 17.9 Å². The Hall–Kier alpha value is -3.61. The summed E-state index contributed by atoms with van der Waals surface area (Å²) in [6.45, 7) is 4.01. The third kappa shape index (κ3) is 4.20. The molecule has 0 spiro atoms. The number of carbonyl (C=O) groups is 3. The summed E-state index contributed by atoms with van der Waals surface area (Å²) in [4.78, 5) is 37.6. The van der Waals surface area contributed by atoms with Crippen LogP contribution in [0.4, 0.5) is 0 Å². The third-order valence-electron chi connectivity index (χ3n) is 4.93. The number of aryl methyl sites for hydroxylation is 1. The summed E-state index contributed by atoms with van der Waals surface area (Å²) in [5.74, 6) is -2.73. The maximum atomic E-state index is 12.8. The van der Waals surface area contributed by atoms with Crippen LogP contribution in [0.5, 0.6) is 5.75 Å². The maximum absolute atomic E-state index is 12.8. The first-order valence-electron chi connectivity index (χ1n) is 9.61. The van der Waals surface area contributed by atoms with E-state index >= 15 is 0 Å². The molecule has 30 heavy (non-hydrogen) atoms. The largest absolute Gasteiger partial charge is 0.550 e. The van der Waals surface area contributed by atoms with Crippen molar-refractivity contribution in [1.82, 2.24) is 4.90 Å². The van der Waals surface area contributed by atoms with Gasteiger partial charge in [-0.1, -0.05) is 42.0 Å². The van der Waals surface area contributed by atoms with Gasteiger partial charge in [-0.3, -0.25) is 9.59 Å². The molecule has 0 unspecified atom stereocenters. The second-order valence-electron chi connectivity index (χ2n) is 6.98. The number of likely N-dealkylation sites (tertiary alicyclic amines) is 1. The van der Waals surface area contributed by atoms with Gasteiger partial charge in [0, 0.05) is 24.5 Å². The highest BCUT2D eigenvalue weighted by molar-refractivity contribution is 6.46. The molecule has 1 N–H and O–H groups in total. The molecule has 1 saturated heterocycles. The van der Waals surface area contributed by atoms with E-state index in [4.69, 9.17) is 4.74 Å². The molecule has 0 radical (unpaired) electrons. The van der Waals surface area contributed by atoms with E-state index in [1.807, 2.05) is 13.8 Å². The number of carbonyl (C=O) groups excluding carboxylic acids is 3. The van der Waals surface area contributed by atoms with Gasteiger partial charge in [0.1, 0.15) is 11.5 Å². The summed E-state index contributed by atoms with van der Waals surface area (Å²) in [6.07, 6.45) is -0.425. The number of rotatable bonds is 7. The Morgan fingerprint density at radius 3 is 2.30 bits per heavy atom. The summed E-state index contributed by atoms with van der Waals surface area (Å²) in [5.41, 5.74) is 1.86. The molecule has 1 fully saturated rings. The molecule has 0 bridgehead atoms. The van der Waals surface area contributed by atoms with Gasteiger partial charge < -0.3 is 24.6 Å². The number of hydrogen-bond acceptors (Lipinski definition) is 6. The molecular formula is C23H22NO6-. The summed E-state index contributed by atoms with van der Waals surface area (Å²) >= 11 is 0. The normalized spacial score (nSPS) is 17.9. The Kier molecular flexibility index (Phi) is 6.20. The Balaban J connectivity index is 2.11. The summed E-state index contributed by atoms with van der Waals surface area (Å²) < 4.78 is 5.43. The van der Waals surface area contributed by atoms with Crippen LogP contribution in [0.1, 0.15) is 36.1 Å². The van der Waals surface area contributed by atoms with Crippen LogP contribution < -0.4 is 9.84 Å². The molecule has 1 aliphatic heterocycles. The number of carboxylic acid groups (broad SMARTS) is 1. The van der Waals surface area contributed by atoms with Gasteiger partial charge in [-0.05, 0) is 31.5 Å². The van der Waals surface area contributed by atoms with Gasteiger partial charge in [-0.2, -0.15) is 0 Å². The molecule has 1 aliphatic rings. The van der Waals surface area contributed by atoms with Crippen LogP contribution in [0, 0.1) is 6.92 Å². The number of carboxylic acids is 1. The Morgan fingerprint density at radius 1 is 1.10 bits per heavy atom. The summed E-state index contributed by atoms with van der Waals surface area (Å²) in [7, 11) is 0. The lowest BCUT2D eigenvalue weighted by molar-refractivity contribution is -0.305. The van der Waals surface area contributed by atoms with Crippen molar-refractivity contribution in [3.63, 3.8) is 0 Å². The number of amides is 1. The van der Waals surface area contributed by atoms with E-state index in [9.17, 15) is 24.6 Å². The monoisotopic (exact) mass is 408 g/mol. The van der Waals surface area contributed by atoms with Gasteiger partial charge in [-0.25, -0.2) is 0 Å². The van der Waals surface area contributed by atoms with Gasteiger partial charge in [-0.15, -0.1) is 0 Å². The molecule has 156 valence electrons. The van der Waals surface area contributed by atoms with Crippen molar-refractivity contribution in [2.45, 2.75) is 26.3 Å². The minimum atomic E-state index is -1.33. The maximum Gasteiger partial charge on any atom is 0.295 e. The van der Waals surface area contributed by atoms with Gasteiger partial charge >= 0.3 is 0 Å². The standard InChI is InChI=1S/C23H23NO6/c1-3-30-17-10-8-15(9-11-17)20-19(21(27)16-6-4-14(2)5-7-16)22(28)23(29)24(20)13-12-18(25)26/h4-11,20,27H,3,12-13H2,1-2H3,(H,25,26)/p-1/t20-/m1/s1. The highest BCUT2D eigenvalue weighted by Crippen LogP contribution is 2.39. The molecule has 1 atom stereocenters. The molecule has 2 aromatic rings. The zero-order chi connectivity index (χ0) is 21.8. The van der Waals surface area contributed by atoms with Crippen molar-refractivity contribution < 1.29 is 29.3 Å². The molecule has 2 aromatic carbocycles. The smallest absolute Gasteiger partial charge is 0.295 e. The Labute approximate surface area is 174 Å². The average Bonchev–Trinajstić information content (AvgIpc) is 2.98. The number of Topliss-reactive ketones (excluding diaryl/α,β-unsaturated/α-hetero) is 1. The summed E-state index contributed by atoms with van der Waals surface area (Å²) in [6, 6.07) is 12.8. The van der Waals surface area contributed by atoms with E-state index in [1.54, 1.807) is 48.5 Å². The number of aliphatic hydroxyl groups is 1. The topological polar surface area (TPSA) is 107 Å². The Morgan fingerprint density at radius 2 is 1.73 bits per heavy atom. The van der Waals surface area contributed by atoms with Gasteiger partial charge in [0.15, 0.2) is 0 Å². The van der Waals surface area contributed by atoms with Gasteiger partial charge in [0.05, 0.1) is 18.2 Å². The minimum Gasteiger partial charge on any atom is -0.550 e. The van der Waals surface area contributed by atoms with Crippen LogP contribution in [-0.4, -0.2) is 40.8 Å². The fourth-order valence-electron chi connectivity index (χ4n) is 3.45. The molecule has 3 rings (SSSR count). The van der Waals surface area contributed by atoms with Crippen LogP contribution in [0.25, 0.3) is 5.76 Å². The van der Waals surface area contributed by atoms with E-state index in [0.717, 1.165) is 10.5 Å². The Bertz CT molecular complexity index is 991. The molecule has 7 heteroatoms. The van der Waals surface area contributed by atoms with Crippen molar-refractivity contribution >= 4 is 23.4 Å². The zero-order valence-electron chi connectivity index (χ0n) is 16.8. The lowest BCUT2D eigenvalue weighted by atomic mass is 9.95. The van der Waals surface area contributed by atoms with E-state index < -0.39 is 30.1 Å². The van der Waals surface area contributed by atoms with Crippen molar-refractivity contribution in [2.75, 3.05) is 13.2 Å². The van der Waals surface area contributed by atoms with Crippen molar-refractivity contribution in [3.05, 3.63) is 70.8 Å². The predicted octanol–water partition coefficient (Wildman–Crippen LogP) is 1.96. The van der Waals surface area contributed by atoms with Crippen LogP contribution in [0.15, 0.2) is 54.1 Å². The molecule has 1 amide bonds. The van der Waals surface area contributed by atoms with Gasteiger partial charge in [0.2, 0.25) is 0 Å². The average molecular weight is 408 g/mol. The van der Waals surface area contributed by atoms with Crippen molar-refractivity contribution in [3.8, 4) is 5.75 Å². The molecule has 0 aromatic heterocycles. The molecule has 7 nitrogen and oxygen atoms in total. The predicted molar refractivity (Wildman–Crippen MR) is 107 cm³/mol. The fourth-order valence-corrected chi connectivity index (χ4v) is 3.45. The number of aliphatic hydroxyl groups excluding tert-OH is 1. The minimum absolute atomic E-state index is 0.0774. The highest BCUT2D eigenvalue weighted by Gasteiger charge is 2.45. The number of ether oxygens (including phenoxy) is 1. The number of aliphatic carboxylic acids is 1. The van der Waals surface area contributed by atoms with E-state index in [1.165, 1.54) is 0 Å². The molecule has 0 aliphatic carbocycles. The second kappa shape index (κ2) is 8.82. The quantitative estimate of drug-likeness (QED) is 0.426. The van der Waals surface area contributed by atoms with E-state index in [0.29, 0.717) is 23.5 Å². The zero-order valence-corrected chi connectivity index (χ0v) is 16.8. The first-order chi connectivity index (χ1) is 14.3. The molecular weight excluding hydrogens is 386 g/mol.